The van der Waals surface area contributed by atoms with Gasteiger partial charge in [0.1, 0.15) is 17.7 Å². The molecule has 0 spiro atoms. The summed E-state index contributed by atoms with van der Waals surface area (Å²) in [5.74, 6) is -1.75. The van der Waals surface area contributed by atoms with Gasteiger partial charge in [-0.2, -0.15) is 0 Å². The van der Waals surface area contributed by atoms with Crippen LogP contribution in [0.3, 0.4) is 0 Å². The minimum absolute atomic E-state index is 0.0904. The molecule has 6 nitrogen and oxygen atoms in total. The first kappa shape index (κ1) is 15.9. The minimum atomic E-state index is -0.774. The zero-order valence-corrected chi connectivity index (χ0v) is 12.0. The van der Waals surface area contributed by atoms with Gasteiger partial charge in [-0.15, -0.1) is 0 Å². The summed E-state index contributed by atoms with van der Waals surface area (Å²) in [5, 5.41) is 5.18. The van der Waals surface area contributed by atoms with E-state index in [4.69, 9.17) is 5.73 Å². The van der Waals surface area contributed by atoms with Crippen molar-refractivity contribution in [2.24, 2.45) is 0 Å². The Kier molecular flexibility index (Phi) is 4.65. The Hall–Kier alpha value is -2.18. The smallest absolute Gasteiger partial charge is 0.255 e. The SMILES string of the molecule is CC(NC(=O)c1cc(F)cnc1N)C(=O)NC(C)(C)C. The highest BCUT2D eigenvalue weighted by Crippen LogP contribution is 2.10. The summed E-state index contributed by atoms with van der Waals surface area (Å²) in [6.45, 7) is 7.01. The fourth-order valence-corrected chi connectivity index (χ4v) is 1.45. The molecule has 0 bridgehead atoms. The number of halogens is 1. The molecule has 0 fully saturated rings. The summed E-state index contributed by atoms with van der Waals surface area (Å²) >= 11 is 0. The van der Waals surface area contributed by atoms with Crippen molar-refractivity contribution in [1.29, 1.82) is 0 Å². The number of rotatable bonds is 3. The van der Waals surface area contributed by atoms with Crippen LogP contribution in [0.4, 0.5) is 10.2 Å². The molecule has 4 N–H and O–H groups in total. The van der Waals surface area contributed by atoms with Crippen molar-refractivity contribution < 1.29 is 14.0 Å². The Morgan fingerprint density at radius 2 is 2.00 bits per heavy atom. The second-order valence-corrected chi connectivity index (χ2v) is 5.52. The number of pyridine rings is 1. The zero-order valence-electron chi connectivity index (χ0n) is 12.0. The molecule has 1 rings (SSSR count). The third kappa shape index (κ3) is 4.49. The molecule has 2 amide bonds. The predicted molar refractivity (Wildman–Crippen MR) is 73.4 cm³/mol. The van der Waals surface area contributed by atoms with E-state index >= 15 is 0 Å². The van der Waals surface area contributed by atoms with Crippen LogP contribution in [-0.4, -0.2) is 28.4 Å². The number of nitrogens with one attached hydrogen (secondary N) is 2. The highest BCUT2D eigenvalue weighted by atomic mass is 19.1. The van der Waals surface area contributed by atoms with E-state index in [2.05, 4.69) is 15.6 Å². The molecule has 0 radical (unpaired) electrons. The Labute approximate surface area is 116 Å². The fraction of sp³-hybridized carbons (Fsp3) is 0.462. The molecule has 1 heterocycles. The van der Waals surface area contributed by atoms with Crippen LogP contribution >= 0.6 is 0 Å². The number of nitrogen functional groups attached to an aromatic ring is 1. The standard InChI is InChI=1S/C13H19FN4O2/c1-7(11(19)18-13(2,3)4)17-12(20)9-5-8(14)6-16-10(9)15/h5-7H,1-4H3,(H2,15,16)(H,17,20)(H,18,19). The molecule has 0 aromatic carbocycles. The summed E-state index contributed by atoms with van der Waals surface area (Å²) in [5.41, 5.74) is 5.00. The first-order chi connectivity index (χ1) is 9.10. The summed E-state index contributed by atoms with van der Waals surface area (Å²) in [4.78, 5) is 27.3. The molecule has 1 aromatic heterocycles. The van der Waals surface area contributed by atoms with Crippen molar-refractivity contribution in [2.75, 3.05) is 5.73 Å². The van der Waals surface area contributed by atoms with Gasteiger partial charge in [-0.1, -0.05) is 0 Å². The Morgan fingerprint density at radius 3 is 2.55 bits per heavy atom. The molecule has 1 aromatic rings. The van der Waals surface area contributed by atoms with E-state index in [9.17, 15) is 14.0 Å². The highest BCUT2D eigenvalue weighted by molar-refractivity contribution is 6.00. The normalized spacial score (nSPS) is 12.7. The van der Waals surface area contributed by atoms with Gasteiger partial charge in [0.05, 0.1) is 11.8 Å². The maximum atomic E-state index is 13.0. The van der Waals surface area contributed by atoms with Gasteiger partial charge < -0.3 is 16.4 Å². The lowest BCUT2D eigenvalue weighted by Gasteiger charge is -2.23. The number of carbonyl (C=O) groups is 2. The Bertz CT molecular complexity index is 526. The van der Waals surface area contributed by atoms with Crippen LogP contribution in [0.5, 0.6) is 0 Å². The third-order valence-corrected chi connectivity index (χ3v) is 2.37. The Morgan fingerprint density at radius 1 is 1.40 bits per heavy atom. The van der Waals surface area contributed by atoms with E-state index in [1.165, 1.54) is 6.92 Å². The van der Waals surface area contributed by atoms with E-state index in [0.717, 1.165) is 12.3 Å². The van der Waals surface area contributed by atoms with E-state index in [0.29, 0.717) is 0 Å². The lowest BCUT2D eigenvalue weighted by molar-refractivity contribution is -0.124. The summed E-state index contributed by atoms with van der Waals surface area (Å²) in [7, 11) is 0. The lowest BCUT2D eigenvalue weighted by Crippen LogP contribution is -2.50. The number of nitrogens with zero attached hydrogens (tertiary/aromatic N) is 1. The predicted octanol–water partition coefficient (Wildman–Crippen LogP) is 0.836. The highest BCUT2D eigenvalue weighted by Gasteiger charge is 2.22. The van der Waals surface area contributed by atoms with Crippen LogP contribution in [0.25, 0.3) is 0 Å². The van der Waals surface area contributed by atoms with Crippen LogP contribution in [0, 0.1) is 5.82 Å². The maximum absolute atomic E-state index is 13.0. The van der Waals surface area contributed by atoms with Crippen molar-refractivity contribution in [1.82, 2.24) is 15.6 Å². The minimum Gasteiger partial charge on any atom is -0.383 e. The molecule has 0 saturated heterocycles. The van der Waals surface area contributed by atoms with Gasteiger partial charge in [-0.25, -0.2) is 9.37 Å². The van der Waals surface area contributed by atoms with Crippen molar-refractivity contribution in [2.45, 2.75) is 39.3 Å². The van der Waals surface area contributed by atoms with E-state index in [1.807, 2.05) is 20.8 Å². The average molecular weight is 282 g/mol. The quantitative estimate of drug-likeness (QED) is 0.765. The van der Waals surface area contributed by atoms with E-state index in [-0.39, 0.29) is 17.3 Å². The summed E-state index contributed by atoms with van der Waals surface area (Å²) in [6.07, 6.45) is 0.919. The van der Waals surface area contributed by atoms with Gasteiger partial charge in [0.25, 0.3) is 5.91 Å². The molecular weight excluding hydrogens is 263 g/mol. The number of hydrogen-bond donors (Lipinski definition) is 3. The van der Waals surface area contributed by atoms with Crippen molar-refractivity contribution in [3.05, 3.63) is 23.6 Å². The molecule has 0 saturated carbocycles. The molecule has 1 atom stereocenters. The summed E-state index contributed by atoms with van der Waals surface area (Å²) in [6, 6.07) is 0.205. The van der Waals surface area contributed by atoms with Gasteiger partial charge in [0.2, 0.25) is 5.91 Å². The topological polar surface area (TPSA) is 97.1 Å². The van der Waals surface area contributed by atoms with Crippen molar-refractivity contribution in [3.63, 3.8) is 0 Å². The fourth-order valence-electron chi connectivity index (χ4n) is 1.45. The van der Waals surface area contributed by atoms with Crippen molar-refractivity contribution in [3.8, 4) is 0 Å². The third-order valence-electron chi connectivity index (χ3n) is 2.37. The molecular formula is C13H19FN4O2. The molecule has 7 heteroatoms. The summed E-state index contributed by atoms with van der Waals surface area (Å²) < 4.78 is 13.0. The number of anilines is 1. The second kappa shape index (κ2) is 5.85. The molecule has 20 heavy (non-hydrogen) atoms. The van der Waals surface area contributed by atoms with Gasteiger partial charge in [0, 0.05) is 5.54 Å². The van der Waals surface area contributed by atoms with Gasteiger partial charge in [-0.3, -0.25) is 9.59 Å². The molecule has 110 valence electrons. The number of amides is 2. The van der Waals surface area contributed by atoms with Crippen molar-refractivity contribution >= 4 is 17.6 Å². The zero-order chi connectivity index (χ0) is 15.5. The monoisotopic (exact) mass is 282 g/mol. The number of hydrogen-bond acceptors (Lipinski definition) is 4. The van der Waals surface area contributed by atoms with Gasteiger partial charge in [-0.05, 0) is 33.8 Å². The Balaban J connectivity index is 2.75. The molecule has 0 aliphatic rings. The van der Waals surface area contributed by atoms with E-state index < -0.39 is 23.3 Å². The van der Waals surface area contributed by atoms with Crippen LogP contribution in [0.1, 0.15) is 38.1 Å². The lowest BCUT2D eigenvalue weighted by atomic mass is 10.1. The first-order valence-electron chi connectivity index (χ1n) is 6.14. The number of carbonyl (C=O) groups excluding carboxylic acids is 2. The molecule has 1 unspecified atom stereocenters. The van der Waals surface area contributed by atoms with Crippen LogP contribution in [-0.2, 0) is 4.79 Å². The molecule has 0 aliphatic carbocycles. The maximum Gasteiger partial charge on any atom is 0.255 e. The first-order valence-corrected chi connectivity index (χ1v) is 6.14. The van der Waals surface area contributed by atoms with Gasteiger partial charge in [0.15, 0.2) is 0 Å². The van der Waals surface area contributed by atoms with E-state index in [1.54, 1.807) is 0 Å². The van der Waals surface area contributed by atoms with Crippen LogP contribution < -0.4 is 16.4 Å². The van der Waals surface area contributed by atoms with Crippen LogP contribution in [0.15, 0.2) is 12.3 Å². The van der Waals surface area contributed by atoms with Crippen LogP contribution in [0.2, 0.25) is 0 Å². The second-order valence-electron chi connectivity index (χ2n) is 5.52. The molecule has 0 aliphatic heterocycles. The largest absolute Gasteiger partial charge is 0.383 e. The number of aromatic nitrogens is 1. The van der Waals surface area contributed by atoms with Gasteiger partial charge >= 0.3 is 0 Å². The average Bonchev–Trinajstić information content (AvgIpc) is 2.29. The number of nitrogens with two attached hydrogens (primary N) is 1.